The Labute approximate surface area is 119 Å². The maximum Gasteiger partial charge on any atom is 0.324 e. The van der Waals surface area contributed by atoms with E-state index in [2.05, 4.69) is 12.2 Å². The number of carbonyl (C=O) groups is 2. The molecule has 0 aromatic heterocycles. The first-order chi connectivity index (χ1) is 9.02. The first kappa shape index (κ1) is 18.2. The Morgan fingerprint density at radius 3 is 2.53 bits per heavy atom. The lowest BCUT2D eigenvalue weighted by Gasteiger charge is -2.19. The third kappa shape index (κ3) is 8.88. The first-order valence-electron chi connectivity index (χ1n) is 6.76. The molecule has 2 N–H and O–H groups in total. The molecule has 19 heavy (non-hydrogen) atoms. The number of nitrogens with one attached hydrogen (secondary N) is 1. The van der Waals surface area contributed by atoms with Crippen LogP contribution in [0.15, 0.2) is 0 Å². The molecular weight excluding hydrogens is 266 g/mol. The standard InChI is InChI=1S/C13H25NO4S/c1-4-6-7-8-19-9-11(13(17)18-5-2)14-10(3)12(15)16/h10-11,14H,4-9H2,1-3H3,(H,15,16)/t10-,11-/m0/s1. The molecule has 0 heterocycles. The second kappa shape index (κ2) is 11.1. The number of rotatable bonds is 11. The lowest BCUT2D eigenvalue weighted by Crippen LogP contribution is -2.47. The highest BCUT2D eigenvalue weighted by molar-refractivity contribution is 7.99. The third-order valence-electron chi connectivity index (χ3n) is 2.57. The Hall–Kier alpha value is -0.750. The van der Waals surface area contributed by atoms with Gasteiger partial charge in [0.05, 0.1) is 6.61 Å². The van der Waals surface area contributed by atoms with Gasteiger partial charge >= 0.3 is 11.9 Å². The van der Waals surface area contributed by atoms with Crippen LogP contribution < -0.4 is 5.32 Å². The topological polar surface area (TPSA) is 75.6 Å². The van der Waals surface area contributed by atoms with Crippen molar-refractivity contribution in [2.24, 2.45) is 0 Å². The van der Waals surface area contributed by atoms with E-state index in [-0.39, 0.29) is 5.97 Å². The van der Waals surface area contributed by atoms with Crippen molar-refractivity contribution in [3.63, 3.8) is 0 Å². The van der Waals surface area contributed by atoms with E-state index in [0.29, 0.717) is 12.4 Å². The highest BCUT2D eigenvalue weighted by Gasteiger charge is 2.24. The molecule has 0 aliphatic heterocycles. The van der Waals surface area contributed by atoms with Crippen molar-refractivity contribution in [3.8, 4) is 0 Å². The lowest BCUT2D eigenvalue weighted by atomic mass is 10.2. The molecule has 112 valence electrons. The Morgan fingerprint density at radius 2 is 2.00 bits per heavy atom. The quantitative estimate of drug-likeness (QED) is 0.447. The number of carboxylic acid groups (broad SMARTS) is 1. The van der Waals surface area contributed by atoms with Crippen molar-refractivity contribution < 1.29 is 19.4 Å². The molecule has 2 atom stereocenters. The maximum absolute atomic E-state index is 11.7. The number of hydrogen-bond donors (Lipinski definition) is 2. The average molecular weight is 291 g/mol. The van der Waals surface area contributed by atoms with Gasteiger partial charge in [0.2, 0.25) is 0 Å². The third-order valence-corrected chi connectivity index (χ3v) is 3.72. The van der Waals surface area contributed by atoms with Gasteiger partial charge in [-0.3, -0.25) is 14.9 Å². The minimum Gasteiger partial charge on any atom is -0.480 e. The summed E-state index contributed by atoms with van der Waals surface area (Å²) in [6.07, 6.45) is 3.46. The maximum atomic E-state index is 11.7. The van der Waals surface area contributed by atoms with E-state index in [1.165, 1.54) is 13.3 Å². The summed E-state index contributed by atoms with van der Waals surface area (Å²) in [7, 11) is 0. The minimum atomic E-state index is -0.967. The zero-order chi connectivity index (χ0) is 14.7. The van der Waals surface area contributed by atoms with E-state index >= 15 is 0 Å². The number of aliphatic carboxylic acids is 1. The van der Waals surface area contributed by atoms with Crippen LogP contribution >= 0.6 is 11.8 Å². The first-order valence-corrected chi connectivity index (χ1v) is 7.91. The van der Waals surface area contributed by atoms with Gasteiger partial charge in [0.15, 0.2) is 0 Å². The fraction of sp³-hybridized carbons (Fsp3) is 0.846. The SMILES string of the molecule is CCCCCSC[C@H](N[C@@H](C)C(=O)O)C(=O)OCC. The molecule has 0 unspecified atom stereocenters. The Kier molecular flexibility index (Phi) is 10.7. The van der Waals surface area contributed by atoms with E-state index in [9.17, 15) is 9.59 Å². The second-order valence-corrected chi connectivity index (χ2v) is 5.46. The normalized spacial score (nSPS) is 13.8. The number of carbonyl (C=O) groups excluding carboxylic acids is 1. The number of carboxylic acids is 1. The predicted molar refractivity (Wildman–Crippen MR) is 77.5 cm³/mol. The van der Waals surface area contributed by atoms with Gasteiger partial charge in [-0.2, -0.15) is 11.8 Å². The van der Waals surface area contributed by atoms with Crippen molar-refractivity contribution in [1.29, 1.82) is 0 Å². The molecule has 6 heteroatoms. The number of unbranched alkanes of at least 4 members (excludes halogenated alkanes) is 2. The van der Waals surface area contributed by atoms with Crippen molar-refractivity contribution in [2.45, 2.75) is 52.1 Å². The van der Waals surface area contributed by atoms with Crippen LogP contribution in [0.5, 0.6) is 0 Å². The second-order valence-electron chi connectivity index (χ2n) is 4.31. The minimum absolute atomic E-state index is 0.305. The van der Waals surface area contributed by atoms with E-state index in [0.717, 1.165) is 18.6 Å². The molecule has 0 aromatic carbocycles. The van der Waals surface area contributed by atoms with E-state index < -0.39 is 18.1 Å². The van der Waals surface area contributed by atoms with Crippen LogP contribution in [0, 0.1) is 0 Å². The molecule has 0 bridgehead atoms. The van der Waals surface area contributed by atoms with Gasteiger partial charge in [0, 0.05) is 5.75 Å². The smallest absolute Gasteiger partial charge is 0.324 e. The molecule has 0 rings (SSSR count). The summed E-state index contributed by atoms with van der Waals surface area (Å²) < 4.78 is 4.96. The summed E-state index contributed by atoms with van der Waals surface area (Å²) in [5.74, 6) is 0.177. The molecule has 0 aliphatic rings. The zero-order valence-electron chi connectivity index (χ0n) is 12.0. The van der Waals surface area contributed by atoms with Crippen LogP contribution in [0.3, 0.4) is 0 Å². The summed E-state index contributed by atoms with van der Waals surface area (Å²) in [6, 6.07) is -1.32. The highest BCUT2D eigenvalue weighted by Crippen LogP contribution is 2.09. The largest absolute Gasteiger partial charge is 0.480 e. The molecule has 0 aromatic rings. The van der Waals surface area contributed by atoms with Crippen LogP contribution in [0.2, 0.25) is 0 Å². The summed E-state index contributed by atoms with van der Waals surface area (Å²) in [5.41, 5.74) is 0. The van der Waals surface area contributed by atoms with Crippen LogP contribution in [0.25, 0.3) is 0 Å². The highest BCUT2D eigenvalue weighted by atomic mass is 32.2. The van der Waals surface area contributed by atoms with Gasteiger partial charge in [-0.25, -0.2) is 0 Å². The van der Waals surface area contributed by atoms with Gasteiger partial charge in [-0.1, -0.05) is 19.8 Å². The van der Waals surface area contributed by atoms with Gasteiger partial charge in [0.1, 0.15) is 12.1 Å². The van der Waals surface area contributed by atoms with Gasteiger partial charge in [-0.05, 0) is 26.0 Å². The van der Waals surface area contributed by atoms with E-state index in [4.69, 9.17) is 9.84 Å². The molecular formula is C13H25NO4S. The molecule has 0 radical (unpaired) electrons. The fourth-order valence-corrected chi connectivity index (χ4v) is 2.50. The van der Waals surface area contributed by atoms with Crippen molar-refractivity contribution in [3.05, 3.63) is 0 Å². The molecule has 0 amide bonds. The van der Waals surface area contributed by atoms with Gasteiger partial charge in [0.25, 0.3) is 0 Å². The van der Waals surface area contributed by atoms with Crippen molar-refractivity contribution in [1.82, 2.24) is 5.32 Å². The summed E-state index contributed by atoms with van der Waals surface area (Å²) in [6.45, 7) is 5.71. The van der Waals surface area contributed by atoms with E-state index in [1.807, 2.05) is 0 Å². The number of esters is 1. The molecule has 0 saturated carbocycles. The van der Waals surface area contributed by atoms with Crippen LogP contribution in [-0.2, 0) is 14.3 Å². The Morgan fingerprint density at radius 1 is 1.32 bits per heavy atom. The van der Waals surface area contributed by atoms with Crippen LogP contribution in [0.4, 0.5) is 0 Å². The summed E-state index contributed by atoms with van der Waals surface area (Å²) >= 11 is 1.65. The van der Waals surface area contributed by atoms with Gasteiger partial charge in [-0.15, -0.1) is 0 Å². The molecule has 0 spiro atoms. The zero-order valence-corrected chi connectivity index (χ0v) is 12.8. The molecule has 0 aliphatic carbocycles. The molecule has 5 nitrogen and oxygen atoms in total. The van der Waals surface area contributed by atoms with Crippen LogP contribution in [-0.4, -0.2) is 47.2 Å². The molecule has 0 saturated heterocycles. The Bertz CT molecular complexity index is 273. The summed E-state index contributed by atoms with van der Waals surface area (Å²) in [5, 5.41) is 11.7. The average Bonchev–Trinajstić information content (AvgIpc) is 2.37. The molecule has 0 fully saturated rings. The lowest BCUT2D eigenvalue weighted by molar-refractivity contribution is -0.146. The number of thioether (sulfide) groups is 1. The van der Waals surface area contributed by atoms with Crippen LogP contribution in [0.1, 0.15) is 40.0 Å². The number of hydrogen-bond acceptors (Lipinski definition) is 5. The van der Waals surface area contributed by atoms with E-state index in [1.54, 1.807) is 18.7 Å². The van der Waals surface area contributed by atoms with Crippen molar-refractivity contribution >= 4 is 23.7 Å². The van der Waals surface area contributed by atoms with Gasteiger partial charge < -0.3 is 9.84 Å². The fourth-order valence-electron chi connectivity index (χ4n) is 1.46. The summed E-state index contributed by atoms with van der Waals surface area (Å²) in [4.78, 5) is 22.5. The predicted octanol–water partition coefficient (Wildman–Crippen LogP) is 1.90. The number of ether oxygens (including phenoxy) is 1. The Balaban J connectivity index is 4.18. The monoisotopic (exact) mass is 291 g/mol. The van der Waals surface area contributed by atoms with Crippen molar-refractivity contribution in [2.75, 3.05) is 18.1 Å².